The molecule has 0 aliphatic heterocycles. The Morgan fingerprint density at radius 1 is 1.00 bits per heavy atom. The molecule has 146 valence electrons. The summed E-state index contributed by atoms with van der Waals surface area (Å²) in [4.78, 5) is 12.8. The van der Waals surface area contributed by atoms with Gasteiger partial charge in [0.05, 0.1) is 11.9 Å². The van der Waals surface area contributed by atoms with E-state index in [4.69, 9.17) is 0 Å². The Labute approximate surface area is 166 Å². The van der Waals surface area contributed by atoms with Crippen molar-refractivity contribution in [3.8, 4) is 0 Å². The van der Waals surface area contributed by atoms with E-state index in [1.807, 2.05) is 61.5 Å². The van der Waals surface area contributed by atoms with E-state index in [-0.39, 0.29) is 5.91 Å². The Balaban J connectivity index is 1.81. The number of nitrogens with one attached hydrogen (secondary N) is 1. The second kappa shape index (κ2) is 8.02. The average Bonchev–Trinajstić information content (AvgIpc) is 2.66. The van der Waals surface area contributed by atoms with Gasteiger partial charge in [0.15, 0.2) is 0 Å². The molecule has 3 aromatic carbocycles. The number of rotatable bonds is 6. The summed E-state index contributed by atoms with van der Waals surface area (Å²) in [5.41, 5.74) is 2.48. The smallest absolute Gasteiger partial charge is 0.243 e. The first kappa shape index (κ1) is 19.9. The first-order chi connectivity index (χ1) is 13.3. The summed E-state index contributed by atoms with van der Waals surface area (Å²) in [7, 11) is -3.62. The van der Waals surface area contributed by atoms with Crippen LogP contribution in [0.1, 0.15) is 18.1 Å². The van der Waals surface area contributed by atoms with Crippen LogP contribution in [0.2, 0.25) is 0 Å². The molecular formula is C22H24N2O3S. The largest absolute Gasteiger partial charge is 0.350 e. The van der Waals surface area contributed by atoms with Crippen LogP contribution in [0.15, 0.2) is 66.7 Å². The van der Waals surface area contributed by atoms with Gasteiger partial charge in [-0.3, -0.25) is 9.10 Å². The highest BCUT2D eigenvalue weighted by Crippen LogP contribution is 2.22. The molecule has 0 saturated heterocycles. The van der Waals surface area contributed by atoms with Crippen molar-refractivity contribution in [2.75, 3.05) is 10.6 Å². The second-order valence-electron chi connectivity index (χ2n) is 6.93. The van der Waals surface area contributed by atoms with Crippen LogP contribution < -0.4 is 9.62 Å². The molecule has 0 heterocycles. The second-order valence-corrected chi connectivity index (χ2v) is 8.79. The van der Waals surface area contributed by atoms with E-state index in [0.717, 1.165) is 32.5 Å². The first-order valence-corrected chi connectivity index (χ1v) is 10.9. The molecule has 1 unspecified atom stereocenters. The Morgan fingerprint density at radius 2 is 1.64 bits per heavy atom. The lowest BCUT2D eigenvalue weighted by atomic mass is 10.0. The zero-order valence-corrected chi connectivity index (χ0v) is 17.0. The van der Waals surface area contributed by atoms with Crippen LogP contribution in [0.5, 0.6) is 0 Å². The van der Waals surface area contributed by atoms with E-state index in [9.17, 15) is 13.2 Å². The first-order valence-electron chi connectivity index (χ1n) is 9.08. The molecule has 3 aromatic rings. The van der Waals surface area contributed by atoms with Gasteiger partial charge in [0.2, 0.25) is 15.9 Å². The van der Waals surface area contributed by atoms with Crippen molar-refractivity contribution >= 4 is 32.4 Å². The fourth-order valence-electron chi connectivity index (χ4n) is 3.28. The van der Waals surface area contributed by atoms with Gasteiger partial charge in [0.25, 0.3) is 0 Å². The summed E-state index contributed by atoms with van der Waals surface area (Å²) in [5, 5.41) is 5.04. The van der Waals surface area contributed by atoms with Crippen molar-refractivity contribution in [2.24, 2.45) is 0 Å². The SMILES string of the molecule is Cc1ccc(N(C(C)C(=O)NCc2cccc3ccccc23)S(C)(=O)=O)cc1. The van der Waals surface area contributed by atoms with E-state index >= 15 is 0 Å². The highest BCUT2D eigenvalue weighted by atomic mass is 32.2. The minimum atomic E-state index is -3.62. The van der Waals surface area contributed by atoms with Gasteiger partial charge in [-0.1, -0.05) is 60.2 Å². The van der Waals surface area contributed by atoms with Gasteiger partial charge < -0.3 is 5.32 Å². The van der Waals surface area contributed by atoms with Crippen LogP contribution in [0, 0.1) is 6.92 Å². The number of sulfonamides is 1. The molecule has 1 atom stereocenters. The van der Waals surface area contributed by atoms with Crippen LogP contribution in [-0.4, -0.2) is 26.6 Å². The predicted octanol–water partition coefficient (Wildman–Crippen LogP) is 3.62. The van der Waals surface area contributed by atoms with E-state index in [2.05, 4.69) is 5.32 Å². The predicted molar refractivity (Wildman–Crippen MR) is 114 cm³/mol. The van der Waals surface area contributed by atoms with Crippen molar-refractivity contribution in [1.29, 1.82) is 0 Å². The van der Waals surface area contributed by atoms with Crippen molar-refractivity contribution in [2.45, 2.75) is 26.4 Å². The Bertz CT molecular complexity index is 1090. The Kier molecular flexibility index (Phi) is 5.70. The van der Waals surface area contributed by atoms with E-state index in [0.29, 0.717) is 12.2 Å². The van der Waals surface area contributed by atoms with Gasteiger partial charge in [0.1, 0.15) is 6.04 Å². The van der Waals surface area contributed by atoms with Gasteiger partial charge in [-0.15, -0.1) is 0 Å². The number of carbonyl (C=O) groups excluding carboxylic acids is 1. The number of aryl methyl sites for hydroxylation is 1. The van der Waals surface area contributed by atoms with E-state index in [1.54, 1.807) is 19.1 Å². The van der Waals surface area contributed by atoms with Crippen LogP contribution in [-0.2, 0) is 21.4 Å². The van der Waals surface area contributed by atoms with Gasteiger partial charge in [-0.05, 0) is 42.3 Å². The third kappa shape index (κ3) is 4.34. The van der Waals surface area contributed by atoms with Gasteiger partial charge in [-0.2, -0.15) is 0 Å². The van der Waals surface area contributed by atoms with Crippen LogP contribution in [0.25, 0.3) is 10.8 Å². The zero-order chi connectivity index (χ0) is 20.3. The Hall–Kier alpha value is -2.86. The van der Waals surface area contributed by atoms with Gasteiger partial charge in [-0.25, -0.2) is 8.42 Å². The molecule has 1 N–H and O–H groups in total. The number of fused-ring (bicyclic) bond motifs is 1. The lowest BCUT2D eigenvalue weighted by Gasteiger charge is -2.28. The normalized spacial score (nSPS) is 12.5. The van der Waals surface area contributed by atoms with Crippen LogP contribution in [0.4, 0.5) is 5.69 Å². The maximum atomic E-state index is 12.8. The molecule has 28 heavy (non-hydrogen) atoms. The number of carbonyl (C=O) groups is 1. The molecule has 0 aromatic heterocycles. The fourth-order valence-corrected chi connectivity index (χ4v) is 4.45. The monoisotopic (exact) mass is 396 g/mol. The summed E-state index contributed by atoms with van der Waals surface area (Å²) >= 11 is 0. The standard InChI is InChI=1S/C22H24N2O3S/c1-16-11-13-20(14-12-16)24(28(3,26)27)17(2)22(25)23-15-19-9-6-8-18-7-4-5-10-21(18)19/h4-14,17H,15H2,1-3H3,(H,23,25). The maximum Gasteiger partial charge on any atom is 0.243 e. The number of amides is 1. The summed E-state index contributed by atoms with van der Waals surface area (Å²) in [5.74, 6) is -0.348. The highest BCUT2D eigenvalue weighted by molar-refractivity contribution is 7.92. The molecular weight excluding hydrogens is 372 g/mol. The topological polar surface area (TPSA) is 66.5 Å². The van der Waals surface area contributed by atoms with Gasteiger partial charge in [0, 0.05) is 6.54 Å². The molecule has 0 saturated carbocycles. The molecule has 0 radical (unpaired) electrons. The fraction of sp³-hybridized carbons (Fsp3) is 0.227. The summed E-state index contributed by atoms with van der Waals surface area (Å²) in [6, 6.07) is 20.1. The maximum absolute atomic E-state index is 12.8. The molecule has 0 aliphatic carbocycles. The molecule has 0 bridgehead atoms. The molecule has 6 heteroatoms. The molecule has 3 rings (SSSR count). The van der Waals surface area contributed by atoms with Crippen molar-refractivity contribution < 1.29 is 13.2 Å². The quantitative estimate of drug-likeness (QED) is 0.692. The lowest BCUT2D eigenvalue weighted by Crippen LogP contribution is -2.47. The van der Waals surface area contributed by atoms with E-state index < -0.39 is 16.1 Å². The molecule has 0 aliphatic rings. The molecule has 0 spiro atoms. The molecule has 5 nitrogen and oxygen atoms in total. The minimum absolute atomic E-state index is 0.329. The molecule has 1 amide bonds. The number of hydrogen-bond acceptors (Lipinski definition) is 3. The van der Waals surface area contributed by atoms with Crippen molar-refractivity contribution in [3.05, 3.63) is 77.9 Å². The van der Waals surface area contributed by atoms with Crippen LogP contribution in [0.3, 0.4) is 0 Å². The van der Waals surface area contributed by atoms with Gasteiger partial charge >= 0.3 is 0 Å². The summed E-state index contributed by atoms with van der Waals surface area (Å²) in [6.45, 7) is 3.85. The number of nitrogens with zero attached hydrogens (tertiary/aromatic N) is 1. The number of benzene rings is 3. The number of hydrogen-bond donors (Lipinski definition) is 1. The van der Waals surface area contributed by atoms with Crippen molar-refractivity contribution in [1.82, 2.24) is 5.32 Å². The number of anilines is 1. The van der Waals surface area contributed by atoms with E-state index in [1.165, 1.54) is 0 Å². The third-order valence-electron chi connectivity index (χ3n) is 4.71. The zero-order valence-electron chi connectivity index (χ0n) is 16.2. The highest BCUT2D eigenvalue weighted by Gasteiger charge is 2.28. The lowest BCUT2D eigenvalue weighted by molar-refractivity contribution is -0.122. The summed E-state index contributed by atoms with van der Waals surface area (Å²) < 4.78 is 25.9. The van der Waals surface area contributed by atoms with Crippen molar-refractivity contribution in [3.63, 3.8) is 0 Å². The minimum Gasteiger partial charge on any atom is -0.350 e. The van der Waals surface area contributed by atoms with Crippen LogP contribution >= 0.6 is 0 Å². The summed E-state index contributed by atoms with van der Waals surface area (Å²) in [6.07, 6.45) is 1.11. The average molecular weight is 397 g/mol. The molecule has 0 fully saturated rings. The third-order valence-corrected chi connectivity index (χ3v) is 5.95. The Morgan fingerprint density at radius 3 is 2.32 bits per heavy atom.